The van der Waals surface area contributed by atoms with Gasteiger partial charge in [-0.25, -0.2) is 4.79 Å². The van der Waals surface area contributed by atoms with Crippen molar-refractivity contribution in [3.63, 3.8) is 0 Å². The molecule has 25 heavy (non-hydrogen) atoms. The van der Waals surface area contributed by atoms with Crippen molar-refractivity contribution in [1.82, 2.24) is 19.6 Å². The Morgan fingerprint density at radius 2 is 2.00 bits per heavy atom. The summed E-state index contributed by atoms with van der Waals surface area (Å²) in [6, 6.07) is 11.7. The van der Waals surface area contributed by atoms with E-state index >= 15 is 0 Å². The molecule has 0 bridgehead atoms. The summed E-state index contributed by atoms with van der Waals surface area (Å²) in [5.74, 6) is -1.57. The first-order valence-corrected chi connectivity index (χ1v) is 8.32. The van der Waals surface area contributed by atoms with Gasteiger partial charge in [0.15, 0.2) is 0 Å². The number of aromatic nitrogens is 2. The van der Waals surface area contributed by atoms with Gasteiger partial charge in [0.1, 0.15) is 0 Å². The number of carbonyl (C=O) groups is 2. The Hall–Kier alpha value is -2.83. The molecular weight excluding hydrogens is 320 g/mol. The Bertz CT molecular complexity index is 744. The lowest BCUT2D eigenvalue weighted by atomic mass is 10.1. The summed E-state index contributed by atoms with van der Waals surface area (Å²) < 4.78 is 1.68. The molecule has 132 valence electrons. The van der Waals surface area contributed by atoms with Gasteiger partial charge in [0, 0.05) is 26.3 Å². The number of urea groups is 1. The van der Waals surface area contributed by atoms with Gasteiger partial charge in [-0.05, 0) is 18.1 Å². The highest BCUT2D eigenvalue weighted by Crippen LogP contribution is 2.17. The van der Waals surface area contributed by atoms with E-state index in [1.807, 2.05) is 36.4 Å². The first-order valence-electron chi connectivity index (χ1n) is 8.32. The van der Waals surface area contributed by atoms with Gasteiger partial charge in [0.05, 0.1) is 24.7 Å². The second-order valence-corrected chi connectivity index (χ2v) is 6.36. The minimum Gasteiger partial charge on any atom is -0.481 e. The van der Waals surface area contributed by atoms with Crippen molar-refractivity contribution in [3.05, 3.63) is 53.9 Å². The molecule has 0 spiro atoms. The molecular formula is C18H22N4O3. The fraction of sp³-hybridized carbons (Fsp3) is 0.389. The van der Waals surface area contributed by atoms with Gasteiger partial charge in [0.25, 0.3) is 0 Å². The average molecular weight is 342 g/mol. The van der Waals surface area contributed by atoms with Gasteiger partial charge >= 0.3 is 12.0 Å². The molecule has 1 aromatic heterocycles. The van der Waals surface area contributed by atoms with Crippen LogP contribution in [0.3, 0.4) is 0 Å². The quantitative estimate of drug-likeness (QED) is 0.917. The van der Waals surface area contributed by atoms with Crippen molar-refractivity contribution >= 4 is 12.0 Å². The van der Waals surface area contributed by atoms with Gasteiger partial charge in [-0.3, -0.25) is 9.48 Å². The van der Waals surface area contributed by atoms with E-state index in [4.69, 9.17) is 0 Å². The minimum atomic E-state index is -0.909. The van der Waals surface area contributed by atoms with E-state index in [0.717, 1.165) is 12.1 Å². The summed E-state index contributed by atoms with van der Waals surface area (Å²) >= 11 is 0. The van der Waals surface area contributed by atoms with Crippen LogP contribution in [0.4, 0.5) is 4.79 Å². The Morgan fingerprint density at radius 1 is 1.24 bits per heavy atom. The summed E-state index contributed by atoms with van der Waals surface area (Å²) in [5.41, 5.74) is 2.02. The highest BCUT2D eigenvalue weighted by atomic mass is 16.4. The van der Waals surface area contributed by atoms with Gasteiger partial charge in [0.2, 0.25) is 0 Å². The largest absolute Gasteiger partial charge is 0.481 e. The highest BCUT2D eigenvalue weighted by molar-refractivity contribution is 5.76. The van der Waals surface area contributed by atoms with E-state index in [1.165, 1.54) is 5.56 Å². The predicted molar refractivity (Wildman–Crippen MR) is 91.9 cm³/mol. The maximum Gasteiger partial charge on any atom is 0.320 e. The molecule has 2 heterocycles. The zero-order valence-corrected chi connectivity index (χ0v) is 14.2. The van der Waals surface area contributed by atoms with Crippen molar-refractivity contribution in [2.75, 3.05) is 20.1 Å². The maximum absolute atomic E-state index is 12.8. The summed E-state index contributed by atoms with van der Waals surface area (Å²) in [5, 5.41) is 13.6. The SMILES string of the molecule is CN(CCc1ccccc1)C(=O)N1Cc2ccnn2CC(C(=O)O)C1. The molecule has 1 N–H and O–H groups in total. The van der Waals surface area contributed by atoms with Crippen LogP contribution in [0.2, 0.25) is 0 Å². The van der Waals surface area contributed by atoms with Crippen LogP contribution >= 0.6 is 0 Å². The fourth-order valence-corrected chi connectivity index (χ4v) is 3.03. The number of carboxylic acids is 1. The number of likely N-dealkylation sites (N-methyl/N-ethyl adjacent to an activating group) is 1. The van der Waals surface area contributed by atoms with E-state index in [0.29, 0.717) is 13.1 Å². The lowest BCUT2D eigenvalue weighted by molar-refractivity contribution is -0.142. The monoisotopic (exact) mass is 342 g/mol. The number of aliphatic carboxylic acids is 1. The Kier molecular flexibility index (Phi) is 5.02. The Balaban J connectivity index is 1.68. The predicted octanol–water partition coefficient (Wildman–Crippen LogP) is 1.69. The molecule has 7 heteroatoms. The molecule has 0 radical (unpaired) electrons. The molecule has 1 atom stereocenters. The molecule has 7 nitrogen and oxygen atoms in total. The van der Waals surface area contributed by atoms with Crippen LogP contribution in [0.25, 0.3) is 0 Å². The van der Waals surface area contributed by atoms with Crippen molar-refractivity contribution in [3.8, 4) is 0 Å². The number of carbonyl (C=O) groups excluding carboxylic acids is 1. The number of nitrogens with zero attached hydrogens (tertiary/aromatic N) is 4. The van der Waals surface area contributed by atoms with Crippen LogP contribution in [0.5, 0.6) is 0 Å². The van der Waals surface area contributed by atoms with Gasteiger partial charge < -0.3 is 14.9 Å². The van der Waals surface area contributed by atoms with Crippen LogP contribution in [-0.4, -0.2) is 56.8 Å². The van der Waals surface area contributed by atoms with E-state index in [-0.39, 0.29) is 19.1 Å². The number of amides is 2. The molecule has 0 saturated heterocycles. The number of hydrogen-bond acceptors (Lipinski definition) is 3. The number of fused-ring (bicyclic) bond motifs is 1. The summed E-state index contributed by atoms with van der Waals surface area (Å²) in [6.45, 7) is 1.43. The first-order chi connectivity index (χ1) is 12.0. The molecule has 0 fully saturated rings. The molecule has 2 amide bonds. The standard InChI is InChI=1S/C18H22N4O3/c1-20(10-8-14-5-3-2-4-6-14)18(25)21-11-15(17(23)24)12-22-16(13-21)7-9-19-22/h2-7,9,15H,8,10-13H2,1H3,(H,23,24). The lowest BCUT2D eigenvalue weighted by Crippen LogP contribution is -2.44. The lowest BCUT2D eigenvalue weighted by Gasteiger charge is -2.28. The molecule has 0 saturated carbocycles. The zero-order valence-electron chi connectivity index (χ0n) is 14.2. The Morgan fingerprint density at radius 3 is 2.72 bits per heavy atom. The number of carboxylic acid groups (broad SMARTS) is 1. The van der Waals surface area contributed by atoms with E-state index in [1.54, 1.807) is 27.7 Å². The van der Waals surface area contributed by atoms with E-state index in [2.05, 4.69) is 5.10 Å². The second-order valence-electron chi connectivity index (χ2n) is 6.36. The number of rotatable bonds is 4. The first kappa shape index (κ1) is 17.0. The van der Waals surface area contributed by atoms with Crippen LogP contribution in [0, 0.1) is 5.92 Å². The van der Waals surface area contributed by atoms with Gasteiger partial charge in [-0.1, -0.05) is 30.3 Å². The van der Waals surface area contributed by atoms with Gasteiger partial charge in [-0.2, -0.15) is 5.10 Å². The fourth-order valence-electron chi connectivity index (χ4n) is 3.03. The third-order valence-electron chi connectivity index (χ3n) is 4.52. The summed E-state index contributed by atoms with van der Waals surface area (Å²) in [4.78, 5) is 27.5. The smallest absolute Gasteiger partial charge is 0.320 e. The zero-order chi connectivity index (χ0) is 17.8. The summed E-state index contributed by atoms with van der Waals surface area (Å²) in [6.07, 6.45) is 2.40. The van der Waals surface area contributed by atoms with Crippen molar-refractivity contribution < 1.29 is 14.7 Å². The molecule has 3 rings (SSSR count). The molecule has 1 aromatic carbocycles. The molecule has 1 aliphatic rings. The highest BCUT2D eigenvalue weighted by Gasteiger charge is 2.30. The minimum absolute atomic E-state index is 0.156. The van der Waals surface area contributed by atoms with Crippen LogP contribution in [-0.2, 0) is 24.3 Å². The van der Waals surface area contributed by atoms with Crippen molar-refractivity contribution in [1.29, 1.82) is 0 Å². The maximum atomic E-state index is 12.8. The summed E-state index contributed by atoms with van der Waals surface area (Å²) in [7, 11) is 1.75. The molecule has 1 aliphatic heterocycles. The van der Waals surface area contributed by atoms with Crippen LogP contribution in [0.15, 0.2) is 42.6 Å². The number of benzene rings is 1. The second kappa shape index (κ2) is 7.38. The topological polar surface area (TPSA) is 78.7 Å². The van der Waals surface area contributed by atoms with Crippen LogP contribution in [0.1, 0.15) is 11.3 Å². The van der Waals surface area contributed by atoms with Gasteiger partial charge in [-0.15, -0.1) is 0 Å². The van der Waals surface area contributed by atoms with Crippen LogP contribution < -0.4 is 0 Å². The third-order valence-corrected chi connectivity index (χ3v) is 4.52. The van der Waals surface area contributed by atoms with Crippen molar-refractivity contribution in [2.24, 2.45) is 5.92 Å². The normalized spacial score (nSPS) is 16.8. The van der Waals surface area contributed by atoms with E-state index < -0.39 is 11.9 Å². The molecule has 1 unspecified atom stereocenters. The van der Waals surface area contributed by atoms with Crippen molar-refractivity contribution in [2.45, 2.75) is 19.5 Å². The third kappa shape index (κ3) is 3.99. The Labute approximate surface area is 146 Å². The van der Waals surface area contributed by atoms with E-state index in [9.17, 15) is 14.7 Å². The average Bonchev–Trinajstić information content (AvgIpc) is 2.96. The molecule has 2 aromatic rings. The number of hydrogen-bond donors (Lipinski definition) is 1. The molecule has 0 aliphatic carbocycles.